The number of fused-ring (bicyclic) bond motifs is 1. The lowest BCUT2D eigenvalue weighted by Gasteiger charge is -2.11. The third kappa shape index (κ3) is 3.51. The van der Waals surface area contributed by atoms with Crippen molar-refractivity contribution in [1.82, 2.24) is 25.1 Å². The number of hydrogen-bond acceptors (Lipinski definition) is 6. The molecule has 132 valence electrons. The van der Waals surface area contributed by atoms with Crippen LogP contribution in [0, 0.1) is 0 Å². The Labute approximate surface area is 158 Å². The van der Waals surface area contributed by atoms with Crippen LogP contribution >= 0.6 is 22.7 Å². The van der Waals surface area contributed by atoms with E-state index in [0.29, 0.717) is 12.1 Å². The second-order valence-electron chi connectivity index (χ2n) is 6.09. The fourth-order valence-corrected chi connectivity index (χ4v) is 4.53. The highest BCUT2D eigenvalue weighted by Gasteiger charge is 2.16. The molecule has 1 N–H and O–H groups in total. The van der Waals surface area contributed by atoms with Gasteiger partial charge in [0, 0.05) is 36.7 Å². The maximum Gasteiger partial charge on any atom is 0.270 e. The molecule has 0 fully saturated rings. The van der Waals surface area contributed by atoms with Gasteiger partial charge < -0.3 is 5.32 Å². The second kappa shape index (κ2) is 6.97. The van der Waals surface area contributed by atoms with Crippen molar-refractivity contribution in [2.24, 2.45) is 7.05 Å². The first-order chi connectivity index (χ1) is 12.6. The summed E-state index contributed by atoms with van der Waals surface area (Å²) in [5.74, 6) is -0.162. The fourth-order valence-electron chi connectivity index (χ4n) is 2.66. The van der Waals surface area contributed by atoms with Crippen LogP contribution in [0.25, 0.3) is 20.8 Å². The molecule has 0 saturated heterocycles. The van der Waals surface area contributed by atoms with Crippen molar-refractivity contribution in [2.75, 3.05) is 0 Å². The first kappa shape index (κ1) is 16.9. The third-order valence-electron chi connectivity index (χ3n) is 3.89. The number of carbonyl (C=O) groups excluding carboxylic acids is 1. The van der Waals surface area contributed by atoms with Gasteiger partial charge in [-0.05, 0) is 19.1 Å². The largest absolute Gasteiger partial charge is 0.348 e. The Hall–Kier alpha value is -2.58. The van der Waals surface area contributed by atoms with Gasteiger partial charge in [0.15, 0.2) is 0 Å². The van der Waals surface area contributed by atoms with E-state index in [1.807, 2.05) is 38.4 Å². The van der Waals surface area contributed by atoms with E-state index in [2.05, 4.69) is 26.4 Å². The van der Waals surface area contributed by atoms with E-state index in [0.717, 1.165) is 21.1 Å². The van der Waals surface area contributed by atoms with Crippen LogP contribution in [0.3, 0.4) is 0 Å². The molecule has 26 heavy (non-hydrogen) atoms. The molecule has 0 aliphatic rings. The van der Waals surface area contributed by atoms with Crippen LogP contribution < -0.4 is 5.32 Å². The summed E-state index contributed by atoms with van der Waals surface area (Å²) >= 11 is 3.11. The molecule has 0 aliphatic heterocycles. The zero-order valence-corrected chi connectivity index (χ0v) is 16.0. The number of aryl methyl sites for hydroxylation is 1. The Bertz CT molecular complexity index is 1030. The molecule has 4 rings (SSSR count). The van der Waals surface area contributed by atoms with Crippen molar-refractivity contribution in [3.8, 4) is 10.6 Å². The minimum Gasteiger partial charge on any atom is -0.348 e. The summed E-state index contributed by atoms with van der Waals surface area (Å²) in [5.41, 5.74) is 2.36. The monoisotopic (exact) mass is 383 g/mol. The highest BCUT2D eigenvalue weighted by molar-refractivity contribution is 7.18. The van der Waals surface area contributed by atoms with Crippen molar-refractivity contribution in [1.29, 1.82) is 0 Å². The molecule has 0 radical (unpaired) electrons. The number of aromatic nitrogens is 4. The summed E-state index contributed by atoms with van der Waals surface area (Å²) in [6, 6.07) is 8.05. The summed E-state index contributed by atoms with van der Waals surface area (Å²) in [7, 11) is 1.86. The molecular formula is C18H17N5OS2. The van der Waals surface area contributed by atoms with Gasteiger partial charge in [-0.15, -0.1) is 22.7 Å². The number of nitrogens with one attached hydrogen (secondary N) is 1. The van der Waals surface area contributed by atoms with Crippen LogP contribution in [0.1, 0.15) is 22.4 Å². The molecule has 4 aromatic rings. The van der Waals surface area contributed by atoms with Crippen LogP contribution in [0.15, 0.2) is 42.0 Å². The van der Waals surface area contributed by atoms with Gasteiger partial charge in [0.1, 0.15) is 10.7 Å². The molecule has 0 saturated carbocycles. The Balaban J connectivity index is 1.41. The molecule has 3 aromatic heterocycles. The molecule has 0 spiro atoms. The quantitative estimate of drug-likeness (QED) is 0.572. The maximum atomic E-state index is 12.5. The number of nitrogens with zero attached hydrogens (tertiary/aromatic N) is 4. The molecule has 0 aliphatic carbocycles. The maximum absolute atomic E-state index is 12.5. The summed E-state index contributed by atoms with van der Waals surface area (Å²) < 4.78 is 2.89. The van der Waals surface area contributed by atoms with E-state index in [1.165, 1.54) is 16.0 Å². The minimum atomic E-state index is -0.162. The number of benzene rings is 1. The van der Waals surface area contributed by atoms with Crippen molar-refractivity contribution in [3.63, 3.8) is 0 Å². The molecule has 1 unspecified atom stereocenters. The van der Waals surface area contributed by atoms with Gasteiger partial charge in [0.2, 0.25) is 0 Å². The fraction of sp³-hybridized carbons (Fsp3) is 0.222. The number of rotatable bonds is 5. The van der Waals surface area contributed by atoms with E-state index in [1.54, 1.807) is 27.6 Å². The third-order valence-corrected chi connectivity index (χ3v) is 5.84. The zero-order chi connectivity index (χ0) is 18.1. The van der Waals surface area contributed by atoms with Gasteiger partial charge in [-0.1, -0.05) is 12.1 Å². The lowest BCUT2D eigenvalue weighted by molar-refractivity contribution is 0.0936. The first-order valence-corrected chi connectivity index (χ1v) is 9.88. The van der Waals surface area contributed by atoms with Gasteiger partial charge in [0.05, 0.1) is 21.4 Å². The molecule has 0 bridgehead atoms. The molecule has 8 heteroatoms. The summed E-state index contributed by atoms with van der Waals surface area (Å²) in [5, 5.41) is 10.7. The summed E-state index contributed by atoms with van der Waals surface area (Å²) in [6.45, 7) is 1.98. The Kier molecular flexibility index (Phi) is 4.52. The summed E-state index contributed by atoms with van der Waals surface area (Å²) in [4.78, 5) is 21.5. The van der Waals surface area contributed by atoms with E-state index >= 15 is 0 Å². The summed E-state index contributed by atoms with van der Waals surface area (Å²) in [6.07, 6.45) is 4.33. The van der Waals surface area contributed by atoms with Crippen molar-refractivity contribution < 1.29 is 4.79 Å². The standard InChI is InChI=1S/C18H17N5OS2/c1-11(7-16-21-13-5-3-4-6-15(13)26-16)20-17(24)14-10-25-18(22-14)12-8-19-23(2)9-12/h3-6,8-11H,7H2,1-2H3,(H,20,24). The molecule has 1 amide bonds. The smallest absolute Gasteiger partial charge is 0.270 e. The van der Waals surface area contributed by atoms with Crippen LogP contribution in [0.2, 0.25) is 0 Å². The second-order valence-corrected chi connectivity index (χ2v) is 8.07. The predicted octanol–water partition coefficient (Wildman–Crippen LogP) is 3.51. The number of amides is 1. The van der Waals surface area contributed by atoms with Crippen LogP contribution in [0.5, 0.6) is 0 Å². The minimum absolute atomic E-state index is 0.0217. The topological polar surface area (TPSA) is 72.7 Å². The number of thiazole rings is 2. The van der Waals surface area contributed by atoms with Crippen molar-refractivity contribution in [2.45, 2.75) is 19.4 Å². The number of carbonyl (C=O) groups is 1. The Morgan fingerprint density at radius 1 is 1.31 bits per heavy atom. The average Bonchev–Trinajstić information content (AvgIpc) is 3.32. The highest BCUT2D eigenvalue weighted by atomic mass is 32.1. The average molecular weight is 384 g/mol. The SMILES string of the molecule is CC(Cc1nc2ccccc2s1)NC(=O)c1csc(-c2cnn(C)c2)n1. The van der Waals surface area contributed by atoms with Gasteiger partial charge in [-0.2, -0.15) is 5.10 Å². The van der Waals surface area contributed by atoms with Crippen LogP contribution in [-0.2, 0) is 13.5 Å². The molecular weight excluding hydrogens is 366 g/mol. The van der Waals surface area contributed by atoms with E-state index < -0.39 is 0 Å². The normalized spacial score (nSPS) is 12.4. The van der Waals surface area contributed by atoms with Gasteiger partial charge in [-0.25, -0.2) is 9.97 Å². The van der Waals surface area contributed by atoms with Crippen LogP contribution in [-0.4, -0.2) is 31.7 Å². The van der Waals surface area contributed by atoms with Crippen molar-refractivity contribution in [3.05, 3.63) is 52.7 Å². The van der Waals surface area contributed by atoms with E-state index in [-0.39, 0.29) is 11.9 Å². The molecule has 1 atom stereocenters. The highest BCUT2D eigenvalue weighted by Crippen LogP contribution is 2.24. The lowest BCUT2D eigenvalue weighted by Crippen LogP contribution is -2.34. The molecule has 3 heterocycles. The molecule has 6 nitrogen and oxygen atoms in total. The first-order valence-electron chi connectivity index (χ1n) is 8.18. The molecule has 1 aromatic carbocycles. The Morgan fingerprint density at radius 2 is 2.15 bits per heavy atom. The number of para-hydroxylation sites is 1. The number of hydrogen-bond donors (Lipinski definition) is 1. The van der Waals surface area contributed by atoms with E-state index in [4.69, 9.17) is 0 Å². The van der Waals surface area contributed by atoms with Gasteiger partial charge >= 0.3 is 0 Å². The van der Waals surface area contributed by atoms with E-state index in [9.17, 15) is 4.79 Å². The predicted molar refractivity (Wildman–Crippen MR) is 105 cm³/mol. The van der Waals surface area contributed by atoms with Gasteiger partial charge in [0.25, 0.3) is 5.91 Å². The zero-order valence-electron chi connectivity index (χ0n) is 14.3. The van der Waals surface area contributed by atoms with Crippen LogP contribution in [0.4, 0.5) is 0 Å². The van der Waals surface area contributed by atoms with Gasteiger partial charge in [-0.3, -0.25) is 9.48 Å². The lowest BCUT2D eigenvalue weighted by atomic mass is 10.2. The van der Waals surface area contributed by atoms with Crippen molar-refractivity contribution >= 4 is 38.8 Å². The Morgan fingerprint density at radius 3 is 2.92 bits per heavy atom.